The highest BCUT2D eigenvalue weighted by atomic mass is 32.2. The molecule has 1 aromatic heterocycles. The van der Waals surface area contributed by atoms with Crippen LogP contribution in [0.3, 0.4) is 0 Å². The Morgan fingerprint density at radius 1 is 1.44 bits per heavy atom. The topological polar surface area (TPSA) is 86.2 Å². The molecule has 7 heteroatoms. The largest absolute Gasteiger partial charge is 0.394 e. The summed E-state index contributed by atoms with van der Waals surface area (Å²) in [7, 11) is 1.93. The second-order valence-corrected chi connectivity index (χ2v) is 4.24. The first-order valence-electron chi connectivity index (χ1n) is 5.19. The molecule has 16 heavy (non-hydrogen) atoms. The minimum Gasteiger partial charge on any atom is -0.394 e. The second kappa shape index (κ2) is 7.61. The monoisotopic (exact) mass is 246 g/mol. The minimum atomic E-state index is 0.0648. The lowest BCUT2D eigenvalue weighted by molar-refractivity contribution is 0.103. The van der Waals surface area contributed by atoms with E-state index in [9.17, 15) is 0 Å². The maximum atomic E-state index is 8.52. The van der Waals surface area contributed by atoms with Crippen LogP contribution in [0.4, 0.5) is 0 Å². The van der Waals surface area contributed by atoms with Crippen molar-refractivity contribution in [3.05, 3.63) is 5.82 Å². The fraction of sp³-hybridized carbons (Fsp3) is 0.778. The fourth-order valence-electron chi connectivity index (χ4n) is 1.18. The van der Waals surface area contributed by atoms with Gasteiger partial charge in [-0.2, -0.15) is 0 Å². The fourth-order valence-corrected chi connectivity index (χ4v) is 1.96. The van der Waals surface area contributed by atoms with Crippen molar-refractivity contribution in [3.63, 3.8) is 0 Å². The first-order chi connectivity index (χ1) is 7.79. The van der Waals surface area contributed by atoms with Crippen molar-refractivity contribution >= 4 is 11.8 Å². The van der Waals surface area contributed by atoms with Gasteiger partial charge in [-0.25, -0.2) is 0 Å². The second-order valence-electron chi connectivity index (χ2n) is 3.18. The highest BCUT2D eigenvalue weighted by Gasteiger charge is 2.07. The Bertz CT molecular complexity index is 306. The van der Waals surface area contributed by atoms with Crippen LogP contribution in [0.5, 0.6) is 0 Å². The van der Waals surface area contributed by atoms with Gasteiger partial charge in [0, 0.05) is 19.2 Å². The summed E-state index contributed by atoms with van der Waals surface area (Å²) >= 11 is 1.59. The summed E-state index contributed by atoms with van der Waals surface area (Å²) < 4.78 is 7.10. The van der Waals surface area contributed by atoms with E-state index < -0.39 is 0 Å². The molecule has 0 spiro atoms. The Hall–Kier alpha value is -0.630. The Labute approximate surface area is 99.2 Å². The van der Waals surface area contributed by atoms with Gasteiger partial charge >= 0.3 is 0 Å². The van der Waals surface area contributed by atoms with Crippen molar-refractivity contribution in [3.8, 4) is 0 Å². The number of nitrogens with two attached hydrogens (primary N) is 1. The quantitative estimate of drug-likeness (QED) is 0.471. The van der Waals surface area contributed by atoms with E-state index in [1.807, 2.05) is 11.6 Å². The zero-order valence-electron chi connectivity index (χ0n) is 9.43. The maximum absolute atomic E-state index is 8.52. The molecule has 1 rings (SSSR count). The molecule has 92 valence electrons. The third kappa shape index (κ3) is 4.09. The summed E-state index contributed by atoms with van der Waals surface area (Å²) in [6.45, 7) is 1.63. The number of thioether (sulfide) groups is 1. The zero-order valence-corrected chi connectivity index (χ0v) is 10.2. The normalized spacial score (nSPS) is 10.9. The maximum Gasteiger partial charge on any atom is 0.191 e. The lowest BCUT2D eigenvalue weighted by Crippen LogP contribution is -2.08. The number of aromatic nitrogens is 3. The van der Waals surface area contributed by atoms with Crippen molar-refractivity contribution in [2.45, 2.75) is 11.6 Å². The number of aliphatic hydroxyl groups excluding tert-OH is 1. The van der Waals surface area contributed by atoms with Crippen LogP contribution in [-0.2, 0) is 18.2 Å². The van der Waals surface area contributed by atoms with Crippen LogP contribution in [0.1, 0.15) is 5.82 Å². The van der Waals surface area contributed by atoms with E-state index in [0.717, 1.165) is 23.2 Å². The van der Waals surface area contributed by atoms with E-state index in [4.69, 9.17) is 15.6 Å². The van der Waals surface area contributed by atoms with E-state index in [1.54, 1.807) is 11.8 Å². The molecule has 0 unspecified atom stereocenters. The number of hydrogen-bond donors (Lipinski definition) is 2. The molecule has 0 radical (unpaired) electrons. The molecular weight excluding hydrogens is 228 g/mol. The summed E-state index contributed by atoms with van der Waals surface area (Å²) in [6.07, 6.45) is 0.741. The molecular formula is C9H18N4O2S. The van der Waals surface area contributed by atoms with Crippen molar-refractivity contribution < 1.29 is 9.84 Å². The van der Waals surface area contributed by atoms with Crippen LogP contribution in [0, 0.1) is 0 Å². The number of rotatable bonds is 8. The number of ether oxygens (including phenoxy) is 1. The van der Waals surface area contributed by atoms with Gasteiger partial charge in [0.1, 0.15) is 5.82 Å². The van der Waals surface area contributed by atoms with Gasteiger partial charge in [0.15, 0.2) is 5.16 Å². The highest BCUT2D eigenvalue weighted by Crippen LogP contribution is 2.15. The minimum absolute atomic E-state index is 0.0648. The molecule has 0 amide bonds. The van der Waals surface area contributed by atoms with Gasteiger partial charge in [0.2, 0.25) is 0 Å². The third-order valence-electron chi connectivity index (χ3n) is 1.99. The molecule has 0 aromatic carbocycles. The molecule has 0 aliphatic heterocycles. The summed E-state index contributed by atoms with van der Waals surface area (Å²) in [5.74, 6) is 1.70. The molecule has 1 heterocycles. The molecule has 0 saturated heterocycles. The van der Waals surface area contributed by atoms with Crippen LogP contribution in [0.15, 0.2) is 5.16 Å². The van der Waals surface area contributed by atoms with E-state index >= 15 is 0 Å². The van der Waals surface area contributed by atoms with Crippen LogP contribution in [-0.4, -0.2) is 52.0 Å². The summed E-state index contributed by atoms with van der Waals surface area (Å²) in [4.78, 5) is 0. The number of aliphatic hydroxyl groups is 1. The molecule has 0 saturated carbocycles. The molecule has 0 aliphatic rings. The van der Waals surface area contributed by atoms with Gasteiger partial charge in [0.25, 0.3) is 0 Å². The molecule has 6 nitrogen and oxygen atoms in total. The Balaban J connectivity index is 2.31. The Morgan fingerprint density at radius 2 is 2.25 bits per heavy atom. The van der Waals surface area contributed by atoms with Crippen molar-refractivity contribution in [2.75, 3.05) is 32.1 Å². The number of nitrogens with zero attached hydrogens (tertiary/aromatic N) is 3. The van der Waals surface area contributed by atoms with E-state index in [2.05, 4.69) is 10.2 Å². The van der Waals surface area contributed by atoms with E-state index in [0.29, 0.717) is 19.8 Å². The van der Waals surface area contributed by atoms with Gasteiger partial charge in [-0.1, -0.05) is 11.8 Å². The van der Waals surface area contributed by atoms with Gasteiger partial charge < -0.3 is 20.1 Å². The molecule has 3 N–H and O–H groups in total. The van der Waals surface area contributed by atoms with E-state index in [1.165, 1.54) is 0 Å². The van der Waals surface area contributed by atoms with Gasteiger partial charge in [-0.3, -0.25) is 0 Å². The van der Waals surface area contributed by atoms with Gasteiger partial charge in [-0.15, -0.1) is 10.2 Å². The van der Waals surface area contributed by atoms with Crippen molar-refractivity contribution in [2.24, 2.45) is 12.8 Å². The van der Waals surface area contributed by atoms with E-state index in [-0.39, 0.29) is 6.61 Å². The Morgan fingerprint density at radius 3 is 2.94 bits per heavy atom. The lowest BCUT2D eigenvalue weighted by Gasteiger charge is -2.03. The first-order valence-corrected chi connectivity index (χ1v) is 6.18. The predicted octanol–water partition coefficient (Wildman–Crippen LogP) is -0.583. The summed E-state index contributed by atoms with van der Waals surface area (Å²) in [5, 5.41) is 17.5. The Kier molecular flexibility index (Phi) is 6.39. The van der Waals surface area contributed by atoms with Crippen LogP contribution in [0.2, 0.25) is 0 Å². The first kappa shape index (κ1) is 13.4. The van der Waals surface area contributed by atoms with Crippen molar-refractivity contribution in [1.29, 1.82) is 0 Å². The average molecular weight is 246 g/mol. The SMILES string of the molecule is Cn1c(CCN)nnc1SCCOCCO. The smallest absolute Gasteiger partial charge is 0.191 e. The molecule has 0 bridgehead atoms. The van der Waals surface area contributed by atoms with Crippen LogP contribution >= 0.6 is 11.8 Å². The summed E-state index contributed by atoms with van der Waals surface area (Å²) in [6, 6.07) is 0. The average Bonchev–Trinajstić information content (AvgIpc) is 2.62. The highest BCUT2D eigenvalue weighted by molar-refractivity contribution is 7.99. The number of hydrogen-bond acceptors (Lipinski definition) is 6. The summed E-state index contributed by atoms with van der Waals surface area (Å²) in [5.41, 5.74) is 5.46. The molecule has 0 aliphatic carbocycles. The third-order valence-corrected chi connectivity index (χ3v) is 2.97. The van der Waals surface area contributed by atoms with Crippen molar-refractivity contribution in [1.82, 2.24) is 14.8 Å². The zero-order chi connectivity index (χ0) is 11.8. The molecule has 0 atom stereocenters. The predicted molar refractivity (Wildman–Crippen MR) is 62.4 cm³/mol. The standard InChI is InChI=1S/C9H18N4O2S/c1-13-8(2-3-10)11-12-9(13)16-7-6-15-5-4-14/h14H,2-7,10H2,1H3. The van der Waals surface area contributed by atoms with Gasteiger partial charge in [-0.05, 0) is 6.54 Å². The molecule has 1 aromatic rings. The van der Waals surface area contributed by atoms with Gasteiger partial charge in [0.05, 0.1) is 19.8 Å². The van der Waals surface area contributed by atoms with Crippen LogP contribution in [0.25, 0.3) is 0 Å². The molecule has 0 fully saturated rings. The lowest BCUT2D eigenvalue weighted by atomic mass is 10.4. The van der Waals surface area contributed by atoms with Crippen LogP contribution < -0.4 is 5.73 Å².